The van der Waals surface area contributed by atoms with Crippen LogP contribution in [0.3, 0.4) is 0 Å². The van der Waals surface area contributed by atoms with E-state index >= 15 is 0 Å². The molecule has 0 radical (unpaired) electrons. The highest BCUT2D eigenvalue weighted by Gasteiger charge is 2.33. The van der Waals surface area contributed by atoms with Gasteiger partial charge < -0.3 is 15.0 Å². The number of ether oxygens (including phenoxy) is 1. The first-order chi connectivity index (χ1) is 19.6. The first-order valence-corrected chi connectivity index (χ1v) is 15.4. The van der Waals surface area contributed by atoms with Gasteiger partial charge in [-0.25, -0.2) is 8.42 Å². The molecule has 41 heavy (non-hydrogen) atoms. The van der Waals surface area contributed by atoms with Crippen molar-refractivity contribution in [2.45, 2.75) is 70.0 Å². The molecule has 0 bridgehead atoms. The van der Waals surface area contributed by atoms with Crippen LogP contribution in [0.1, 0.15) is 49.3 Å². The average Bonchev–Trinajstić information content (AvgIpc) is 3.47. The van der Waals surface area contributed by atoms with Gasteiger partial charge in [0.25, 0.3) is 10.0 Å². The number of benzene rings is 3. The summed E-state index contributed by atoms with van der Waals surface area (Å²) in [7, 11) is -2.59. The van der Waals surface area contributed by atoms with Crippen molar-refractivity contribution in [1.82, 2.24) is 10.2 Å². The second-order valence-corrected chi connectivity index (χ2v) is 12.6. The highest BCUT2D eigenvalue weighted by atomic mass is 32.2. The first-order valence-electron chi connectivity index (χ1n) is 14.0. The van der Waals surface area contributed by atoms with Gasteiger partial charge in [-0.05, 0) is 75.6 Å². The van der Waals surface area contributed by atoms with E-state index < -0.39 is 28.5 Å². The molecule has 0 unspecified atom stereocenters. The summed E-state index contributed by atoms with van der Waals surface area (Å²) in [6.07, 6.45) is 3.98. The summed E-state index contributed by atoms with van der Waals surface area (Å²) in [5.74, 6) is -0.159. The van der Waals surface area contributed by atoms with Crippen molar-refractivity contribution >= 4 is 27.5 Å². The molecule has 0 aromatic heterocycles. The molecule has 1 N–H and O–H groups in total. The Bertz CT molecular complexity index is 1450. The molecule has 1 aliphatic rings. The van der Waals surface area contributed by atoms with Gasteiger partial charge in [-0.1, -0.05) is 60.4 Å². The Morgan fingerprint density at radius 1 is 0.951 bits per heavy atom. The lowest BCUT2D eigenvalue weighted by Gasteiger charge is -2.32. The number of anilines is 1. The van der Waals surface area contributed by atoms with Crippen molar-refractivity contribution in [3.63, 3.8) is 0 Å². The van der Waals surface area contributed by atoms with Crippen molar-refractivity contribution < 1.29 is 22.7 Å². The van der Waals surface area contributed by atoms with Gasteiger partial charge in [-0.15, -0.1) is 0 Å². The minimum Gasteiger partial charge on any atom is -0.497 e. The fourth-order valence-corrected chi connectivity index (χ4v) is 6.51. The highest BCUT2D eigenvalue weighted by molar-refractivity contribution is 7.92. The van der Waals surface area contributed by atoms with Crippen LogP contribution in [0, 0.1) is 13.8 Å². The summed E-state index contributed by atoms with van der Waals surface area (Å²) in [5, 5.41) is 3.09. The molecular formula is C32H39N3O5S. The lowest BCUT2D eigenvalue weighted by molar-refractivity contribution is -0.139. The molecule has 3 aromatic rings. The summed E-state index contributed by atoms with van der Waals surface area (Å²) in [6.45, 7) is 5.23. The van der Waals surface area contributed by atoms with Crippen LogP contribution in [0.15, 0.2) is 77.7 Å². The van der Waals surface area contributed by atoms with Crippen LogP contribution in [0.2, 0.25) is 0 Å². The quantitative estimate of drug-likeness (QED) is 0.347. The number of nitrogens with one attached hydrogen (secondary N) is 1. The number of amides is 2. The first kappa shape index (κ1) is 30.1. The minimum absolute atomic E-state index is 0.0731. The number of aryl methyl sites for hydroxylation is 2. The summed E-state index contributed by atoms with van der Waals surface area (Å²) >= 11 is 0. The molecule has 1 saturated carbocycles. The fraction of sp³-hybridized carbons (Fsp3) is 0.375. The standard InChI is InChI=1S/C32H39N3O5S/c1-23-12-18-30(19-13-23)41(38,39)35(28-14-16-29(40-4)17-15-28)22-31(36)34(21-26-9-7-8-24(2)20-26)25(3)32(37)33-27-10-5-6-11-27/h7-9,12-20,25,27H,5-6,10-11,21-22H2,1-4H3,(H,33,37)/t25-/m1/s1. The largest absolute Gasteiger partial charge is 0.497 e. The van der Waals surface area contributed by atoms with E-state index in [1.54, 1.807) is 43.3 Å². The van der Waals surface area contributed by atoms with Gasteiger partial charge in [0, 0.05) is 12.6 Å². The molecule has 0 spiro atoms. The molecule has 1 aliphatic carbocycles. The number of hydrogen-bond acceptors (Lipinski definition) is 5. The number of sulfonamides is 1. The summed E-state index contributed by atoms with van der Waals surface area (Å²) < 4.78 is 34.2. The van der Waals surface area contributed by atoms with Crippen LogP contribution < -0.4 is 14.4 Å². The number of methoxy groups -OCH3 is 1. The van der Waals surface area contributed by atoms with E-state index in [0.29, 0.717) is 11.4 Å². The predicted molar refractivity (Wildman–Crippen MR) is 160 cm³/mol. The number of nitrogens with zero attached hydrogens (tertiary/aromatic N) is 2. The van der Waals surface area contributed by atoms with Crippen molar-refractivity contribution in [2.24, 2.45) is 0 Å². The van der Waals surface area contributed by atoms with E-state index in [1.807, 2.05) is 38.1 Å². The molecule has 3 aromatic carbocycles. The van der Waals surface area contributed by atoms with Gasteiger partial charge >= 0.3 is 0 Å². The normalized spacial score (nSPS) is 14.3. The Morgan fingerprint density at radius 2 is 1.61 bits per heavy atom. The zero-order chi connectivity index (χ0) is 29.6. The van der Waals surface area contributed by atoms with Crippen molar-refractivity contribution in [3.8, 4) is 5.75 Å². The Balaban J connectivity index is 1.69. The number of carbonyl (C=O) groups is 2. The third-order valence-electron chi connectivity index (χ3n) is 7.55. The van der Waals surface area contributed by atoms with E-state index in [9.17, 15) is 18.0 Å². The van der Waals surface area contributed by atoms with Gasteiger partial charge in [0.05, 0.1) is 17.7 Å². The fourth-order valence-electron chi connectivity index (χ4n) is 5.10. The molecular weight excluding hydrogens is 538 g/mol. The van der Waals surface area contributed by atoms with Gasteiger partial charge in [0.15, 0.2) is 0 Å². The van der Waals surface area contributed by atoms with E-state index in [0.717, 1.165) is 46.7 Å². The highest BCUT2D eigenvalue weighted by Crippen LogP contribution is 2.27. The van der Waals surface area contributed by atoms with Crippen molar-refractivity contribution in [2.75, 3.05) is 18.0 Å². The Labute approximate surface area is 243 Å². The van der Waals surface area contributed by atoms with E-state index in [2.05, 4.69) is 5.32 Å². The van der Waals surface area contributed by atoms with Crippen LogP contribution in [0.5, 0.6) is 5.75 Å². The molecule has 0 aliphatic heterocycles. The second kappa shape index (κ2) is 13.2. The van der Waals surface area contributed by atoms with Gasteiger partial charge in [-0.2, -0.15) is 0 Å². The molecule has 8 nitrogen and oxygen atoms in total. The third kappa shape index (κ3) is 7.47. The predicted octanol–water partition coefficient (Wildman–Crippen LogP) is 4.98. The zero-order valence-electron chi connectivity index (χ0n) is 24.2. The molecule has 0 saturated heterocycles. The van der Waals surface area contributed by atoms with Crippen LogP contribution >= 0.6 is 0 Å². The molecule has 2 amide bonds. The minimum atomic E-state index is -4.12. The molecule has 0 heterocycles. The van der Waals surface area contributed by atoms with Gasteiger partial charge in [-0.3, -0.25) is 13.9 Å². The van der Waals surface area contributed by atoms with E-state index in [4.69, 9.17) is 4.74 Å². The van der Waals surface area contributed by atoms with Crippen LogP contribution in [0.25, 0.3) is 0 Å². The number of carbonyl (C=O) groups excluding carboxylic acids is 2. The molecule has 1 fully saturated rings. The number of rotatable bonds is 11. The van der Waals surface area contributed by atoms with E-state index in [1.165, 1.54) is 24.1 Å². The zero-order valence-corrected chi connectivity index (χ0v) is 25.0. The average molecular weight is 578 g/mol. The van der Waals surface area contributed by atoms with Gasteiger partial charge in [0.2, 0.25) is 11.8 Å². The third-order valence-corrected chi connectivity index (χ3v) is 9.34. The Kier molecular flexibility index (Phi) is 9.70. The van der Waals surface area contributed by atoms with Crippen molar-refractivity contribution in [1.29, 1.82) is 0 Å². The summed E-state index contributed by atoms with van der Waals surface area (Å²) in [4.78, 5) is 28.9. The van der Waals surface area contributed by atoms with Gasteiger partial charge in [0.1, 0.15) is 18.3 Å². The summed E-state index contributed by atoms with van der Waals surface area (Å²) in [5.41, 5.74) is 3.12. The number of hydrogen-bond donors (Lipinski definition) is 1. The maximum absolute atomic E-state index is 14.1. The maximum atomic E-state index is 14.1. The molecule has 9 heteroatoms. The SMILES string of the molecule is COc1ccc(N(CC(=O)N(Cc2cccc(C)c2)[C@H](C)C(=O)NC2CCCC2)S(=O)(=O)c2ccc(C)cc2)cc1. The van der Waals surface area contributed by atoms with E-state index in [-0.39, 0.29) is 23.4 Å². The van der Waals surface area contributed by atoms with Crippen molar-refractivity contribution in [3.05, 3.63) is 89.5 Å². The summed E-state index contributed by atoms with van der Waals surface area (Å²) in [6, 6.07) is 20.1. The molecule has 218 valence electrons. The van der Waals surface area contributed by atoms with Crippen LogP contribution in [-0.2, 0) is 26.2 Å². The molecule has 1 atom stereocenters. The second-order valence-electron chi connectivity index (χ2n) is 10.7. The Morgan fingerprint density at radius 3 is 2.22 bits per heavy atom. The maximum Gasteiger partial charge on any atom is 0.264 e. The Hall–Kier alpha value is -3.85. The lowest BCUT2D eigenvalue weighted by Crippen LogP contribution is -2.52. The topological polar surface area (TPSA) is 96.0 Å². The lowest BCUT2D eigenvalue weighted by atomic mass is 10.1. The van der Waals surface area contributed by atoms with Crippen LogP contribution in [0.4, 0.5) is 5.69 Å². The smallest absolute Gasteiger partial charge is 0.264 e. The van der Waals surface area contributed by atoms with Crippen LogP contribution in [-0.4, -0.2) is 50.9 Å². The molecule has 4 rings (SSSR count). The monoisotopic (exact) mass is 577 g/mol.